The molecule has 3 heteroatoms. The van der Waals surface area contributed by atoms with Gasteiger partial charge in [0.1, 0.15) is 0 Å². The zero-order valence-electron chi connectivity index (χ0n) is 9.87. The van der Waals surface area contributed by atoms with Crippen molar-refractivity contribution >= 4 is 11.6 Å². The smallest absolute Gasteiger partial charge is 0.253 e. The molecular formula is C13H16N2O. The number of benzene rings is 1. The quantitative estimate of drug-likeness (QED) is 0.782. The van der Waals surface area contributed by atoms with Gasteiger partial charge in [-0.05, 0) is 25.1 Å². The van der Waals surface area contributed by atoms with E-state index in [1.807, 2.05) is 18.2 Å². The van der Waals surface area contributed by atoms with Gasteiger partial charge in [0.25, 0.3) is 5.91 Å². The van der Waals surface area contributed by atoms with Crippen LogP contribution in [-0.2, 0) is 0 Å². The first-order valence-electron chi connectivity index (χ1n) is 5.10. The number of carbonyl (C=O) groups is 1. The number of nitrogens with one attached hydrogen (secondary N) is 1. The molecule has 0 aromatic heterocycles. The predicted molar refractivity (Wildman–Crippen MR) is 66.4 cm³/mol. The van der Waals surface area contributed by atoms with Crippen molar-refractivity contribution in [2.24, 2.45) is 0 Å². The van der Waals surface area contributed by atoms with Crippen LogP contribution in [0.2, 0.25) is 0 Å². The van der Waals surface area contributed by atoms with Gasteiger partial charge in [0.2, 0.25) is 0 Å². The summed E-state index contributed by atoms with van der Waals surface area (Å²) in [7, 11) is 3.48. The molecule has 1 N–H and O–H groups in total. The molecule has 0 unspecified atom stereocenters. The highest BCUT2D eigenvalue weighted by Gasteiger charge is 2.07. The topological polar surface area (TPSA) is 32.3 Å². The average Bonchev–Trinajstić information content (AvgIpc) is 2.29. The molecule has 1 amide bonds. The van der Waals surface area contributed by atoms with Crippen LogP contribution in [0.25, 0.3) is 0 Å². The first kappa shape index (κ1) is 12.1. The fraction of sp³-hybridized carbons (Fsp3) is 0.308. The number of nitrogens with zero attached hydrogens (tertiary/aromatic N) is 1. The van der Waals surface area contributed by atoms with E-state index >= 15 is 0 Å². The number of hydrogen-bond donors (Lipinski definition) is 1. The van der Waals surface area contributed by atoms with Gasteiger partial charge in [-0.1, -0.05) is 12.0 Å². The molecule has 1 rings (SSSR count). The SMILES string of the molecule is CC#CCNc1cccc(C(=O)N(C)C)c1. The summed E-state index contributed by atoms with van der Waals surface area (Å²) in [5, 5.41) is 3.14. The van der Waals surface area contributed by atoms with E-state index in [9.17, 15) is 4.79 Å². The molecule has 0 saturated heterocycles. The highest BCUT2D eigenvalue weighted by molar-refractivity contribution is 5.94. The third-order valence-corrected chi connectivity index (χ3v) is 2.07. The monoisotopic (exact) mass is 216 g/mol. The van der Waals surface area contributed by atoms with Gasteiger partial charge in [-0.25, -0.2) is 0 Å². The van der Waals surface area contributed by atoms with E-state index in [1.165, 1.54) is 0 Å². The summed E-state index contributed by atoms with van der Waals surface area (Å²) in [6, 6.07) is 7.42. The van der Waals surface area contributed by atoms with Crippen molar-refractivity contribution < 1.29 is 4.79 Å². The summed E-state index contributed by atoms with van der Waals surface area (Å²) in [6.45, 7) is 2.39. The van der Waals surface area contributed by atoms with Crippen LogP contribution in [0.3, 0.4) is 0 Å². The predicted octanol–water partition coefficient (Wildman–Crippen LogP) is 1.82. The highest BCUT2D eigenvalue weighted by Crippen LogP contribution is 2.11. The minimum atomic E-state index is 0.00484. The molecule has 0 bridgehead atoms. The van der Waals surface area contributed by atoms with Crippen LogP contribution >= 0.6 is 0 Å². The minimum absolute atomic E-state index is 0.00484. The van der Waals surface area contributed by atoms with Gasteiger partial charge < -0.3 is 10.2 Å². The number of amides is 1. The fourth-order valence-electron chi connectivity index (χ4n) is 1.26. The second kappa shape index (κ2) is 5.82. The van der Waals surface area contributed by atoms with Crippen molar-refractivity contribution in [2.45, 2.75) is 6.92 Å². The van der Waals surface area contributed by atoms with Crippen LogP contribution in [0.5, 0.6) is 0 Å². The maximum Gasteiger partial charge on any atom is 0.253 e. The van der Waals surface area contributed by atoms with Crippen molar-refractivity contribution in [2.75, 3.05) is 26.0 Å². The zero-order valence-corrected chi connectivity index (χ0v) is 9.87. The summed E-state index contributed by atoms with van der Waals surface area (Å²) in [5.74, 6) is 5.72. The standard InChI is InChI=1S/C13H16N2O/c1-4-5-9-14-12-8-6-7-11(10-12)13(16)15(2)3/h6-8,10,14H,9H2,1-3H3. The summed E-state index contributed by atoms with van der Waals surface area (Å²) >= 11 is 0. The Balaban J connectivity index is 2.77. The van der Waals surface area contributed by atoms with E-state index in [4.69, 9.17) is 0 Å². The summed E-state index contributed by atoms with van der Waals surface area (Å²) in [5.41, 5.74) is 1.59. The molecular weight excluding hydrogens is 200 g/mol. The molecule has 0 radical (unpaired) electrons. The lowest BCUT2D eigenvalue weighted by molar-refractivity contribution is 0.0827. The minimum Gasteiger partial charge on any atom is -0.374 e. The Morgan fingerprint density at radius 2 is 2.19 bits per heavy atom. The second-order valence-electron chi connectivity index (χ2n) is 3.56. The van der Waals surface area contributed by atoms with Crippen LogP contribution in [0.4, 0.5) is 5.69 Å². The van der Waals surface area contributed by atoms with E-state index in [1.54, 1.807) is 32.0 Å². The Morgan fingerprint density at radius 1 is 1.44 bits per heavy atom. The van der Waals surface area contributed by atoms with E-state index in [0.717, 1.165) is 5.69 Å². The van der Waals surface area contributed by atoms with Crippen LogP contribution < -0.4 is 5.32 Å². The molecule has 0 atom stereocenters. The lowest BCUT2D eigenvalue weighted by Gasteiger charge is -2.11. The van der Waals surface area contributed by atoms with E-state index < -0.39 is 0 Å². The maximum atomic E-state index is 11.7. The largest absolute Gasteiger partial charge is 0.374 e. The Bertz CT molecular complexity index is 427. The van der Waals surface area contributed by atoms with Crippen LogP contribution in [-0.4, -0.2) is 31.4 Å². The van der Waals surface area contributed by atoms with E-state index in [0.29, 0.717) is 12.1 Å². The molecule has 0 aliphatic rings. The van der Waals surface area contributed by atoms with Gasteiger partial charge in [0.05, 0.1) is 6.54 Å². The van der Waals surface area contributed by atoms with Crippen LogP contribution in [0.15, 0.2) is 24.3 Å². The molecule has 84 valence electrons. The summed E-state index contributed by atoms with van der Waals surface area (Å²) in [4.78, 5) is 13.3. The van der Waals surface area contributed by atoms with E-state index in [2.05, 4.69) is 17.2 Å². The van der Waals surface area contributed by atoms with Crippen molar-refractivity contribution in [3.8, 4) is 11.8 Å². The molecule has 0 aliphatic heterocycles. The van der Waals surface area contributed by atoms with Gasteiger partial charge in [0, 0.05) is 25.3 Å². The molecule has 1 aromatic carbocycles. The first-order valence-corrected chi connectivity index (χ1v) is 5.10. The molecule has 16 heavy (non-hydrogen) atoms. The highest BCUT2D eigenvalue weighted by atomic mass is 16.2. The van der Waals surface area contributed by atoms with Crippen molar-refractivity contribution in [1.82, 2.24) is 4.90 Å². The van der Waals surface area contributed by atoms with Gasteiger partial charge in [-0.3, -0.25) is 4.79 Å². The molecule has 0 saturated carbocycles. The average molecular weight is 216 g/mol. The van der Waals surface area contributed by atoms with Crippen LogP contribution in [0.1, 0.15) is 17.3 Å². The maximum absolute atomic E-state index is 11.7. The molecule has 3 nitrogen and oxygen atoms in total. The Labute approximate surface area is 96.5 Å². The van der Waals surface area contributed by atoms with Gasteiger partial charge in [0.15, 0.2) is 0 Å². The third-order valence-electron chi connectivity index (χ3n) is 2.07. The lowest BCUT2D eigenvalue weighted by atomic mass is 10.2. The number of rotatable bonds is 3. The number of anilines is 1. The lowest BCUT2D eigenvalue weighted by Crippen LogP contribution is -2.21. The third kappa shape index (κ3) is 3.32. The fourth-order valence-corrected chi connectivity index (χ4v) is 1.26. The van der Waals surface area contributed by atoms with Crippen molar-refractivity contribution in [3.63, 3.8) is 0 Å². The first-order chi connectivity index (χ1) is 7.65. The zero-order chi connectivity index (χ0) is 12.0. The normalized spacial score (nSPS) is 8.94. The molecule has 1 aromatic rings. The van der Waals surface area contributed by atoms with Crippen molar-refractivity contribution in [3.05, 3.63) is 29.8 Å². The molecule has 0 fully saturated rings. The van der Waals surface area contributed by atoms with Gasteiger partial charge in [-0.2, -0.15) is 0 Å². The molecule has 0 aliphatic carbocycles. The summed E-state index contributed by atoms with van der Waals surface area (Å²) in [6.07, 6.45) is 0. The number of carbonyl (C=O) groups excluding carboxylic acids is 1. The molecule has 0 heterocycles. The Hall–Kier alpha value is -1.95. The van der Waals surface area contributed by atoms with Gasteiger partial charge in [-0.15, -0.1) is 5.92 Å². The number of hydrogen-bond acceptors (Lipinski definition) is 2. The van der Waals surface area contributed by atoms with E-state index in [-0.39, 0.29) is 5.91 Å². The second-order valence-corrected chi connectivity index (χ2v) is 3.56. The Morgan fingerprint density at radius 3 is 2.81 bits per heavy atom. The van der Waals surface area contributed by atoms with Gasteiger partial charge >= 0.3 is 0 Å². The Kier molecular flexibility index (Phi) is 4.41. The molecule has 0 spiro atoms. The summed E-state index contributed by atoms with van der Waals surface area (Å²) < 4.78 is 0. The van der Waals surface area contributed by atoms with Crippen molar-refractivity contribution in [1.29, 1.82) is 0 Å². The van der Waals surface area contributed by atoms with Crippen LogP contribution in [0, 0.1) is 11.8 Å².